The molecule has 1 N–H and O–H groups in total. The smallest absolute Gasteiger partial charge is 0.411 e. The Balaban J connectivity index is 1.63. The average Bonchev–Trinajstić information content (AvgIpc) is 2.96. The zero-order valence-corrected chi connectivity index (χ0v) is 13.8. The first kappa shape index (κ1) is 15.6. The van der Waals surface area contributed by atoms with Crippen LogP contribution in [-0.2, 0) is 11.3 Å². The molecule has 2 aromatic carbocycles. The standard InChI is InChI=1S/C16H13ClN2O3S/c1-21-16(20)18-11-3-5-12(6-4-11)22-9-15-19-13-7-2-10(17)8-14(13)23-15/h2-8H,9H2,1H3,(H,18,20). The number of nitrogens with one attached hydrogen (secondary N) is 1. The number of ether oxygens (including phenoxy) is 2. The molecule has 0 aliphatic rings. The first-order chi connectivity index (χ1) is 11.1. The van der Waals surface area contributed by atoms with E-state index < -0.39 is 6.09 Å². The zero-order valence-electron chi connectivity index (χ0n) is 12.2. The molecule has 23 heavy (non-hydrogen) atoms. The first-order valence-corrected chi connectivity index (χ1v) is 7.96. The summed E-state index contributed by atoms with van der Waals surface area (Å²) in [5.41, 5.74) is 1.55. The van der Waals surface area contributed by atoms with Crippen molar-refractivity contribution >= 4 is 44.9 Å². The van der Waals surface area contributed by atoms with Gasteiger partial charge < -0.3 is 9.47 Å². The molecule has 0 radical (unpaired) electrons. The Labute approximate surface area is 141 Å². The molecular weight excluding hydrogens is 336 g/mol. The van der Waals surface area contributed by atoms with Crippen molar-refractivity contribution in [3.8, 4) is 5.75 Å². The lowest BCUT2D eigenvalue weighted by Crippen LogP contribution is -2.10. The third-order valence-corrected chi connectivity index (χ3v) is 4.27. The highest BCUT2D eigenvalue weighted by Crippen LogP contribution is 2.26. The summed E-state index contributed by atoms with van der Waals surface area (Å²) in [6.07, 6.45) is -0.508. The van der Waals surface area contributed by atoms with Crippen molar-refractivity contribution in [2.24, 2.45) is 0 Å². The van der Waals surface area contributed by atoms with E-state index in [-0.39, 0.29) is 0 Å². The summed E-state index contributed by atoms with van der Waals surface area (Å²) in [5, 5.41) is 4.15. The Morgan fingerprint density at radius 3 is 2.78 bits per heavy atom. The van der Waals surface area contributed by atoms with Crippen molar-refractivity contribution in [3.05, 3.63) is 52.5 Å². The number of anilines is 1. The lowest BCUT2D eigenvalue weighted by atomic mass is 10.3. The number of aromatic nitrogens is 1. The van der Waals surface area contributed by atoms with Crippen molar-refractivity contribution in [1.82, 2.24) is 4.98 Å². The number of benzene rings is 2. The summed E-state index contributed by atoms with van der Waals surface area (Å²) in [4.78, 5) is 15.6. The molecule has 1 amide bonds. The lowest BCUT2D eigenvalue weighted by Gasteiger charge is -2.06. The van der Waals surface area contributed by atoms with Gasteiger partial charge in [-0.1, -0.05) is 11.6 Å². The van der Waals surface area contributed by atoms with Crippen LogP contribution in [0.2, 0.25) is 5.02 Å². The van der Waals surface area contributed by atoms with E-state index in [1.54, 1.807) is 35.6 Å². The fourth-order valence-corrected chi connectivity index (χ4v) is 3.11. The van der Waals surface area contributed by atoms with Gasteiger partial charge >= 0.3 is 6.09 Å². The van der Waals surface area contributed by atoms with Crippen LogP contribution in [0.3, 0.4) is 0 Å². The number of carbonyl (C=O) groups excluding carboxylic acids is 1. The maximum absolute atomic E-state index is 11.1. The Kier molecular flexibility index (Phi) is 4.64. The number of hydrogen-bond acceptors (Lipinski definition) is 5. The van der Waals surface area contributed by atoms with Gasteiger partial charge in [-0.3, -0.25) is 5.32 Å². The van der Waals surface area contributed by atoms with Crippen LogP contribution in [0, 0.1) is 0 Å². The summed E-state index contributed by atoms with van der Waals surface area (Å²) in [5.74, 6) is 0.692. The van der Waals surface area contributed by atoms with E-state index in [1.807, 2.05) is 18.2 Å². The summed E-state index contributed by atoms with van der Waals surface area (Å²) < 4.78 is 11.3. The summed E-state index contributed by atoms with van der Waals surface area (Å²) in [6.45, 7) is 0.376. The van der Waals surface area contributed by atoms with E-state index in [2.05, 4.69) is 15.0 Å². The van der Waals surface area contributed by atoms with Gasteiger partial charge in [-0.2, -0.15) is 0 Å². The van der Waals surface area contributed by atoms with Crippen LogP contribution in [-0.4, -0.2) is 18.2 Å². The number of methoxy groups -OCH3 is 1. The lowest BCUT2D eigenvalue weighted by molar-refractivity contribution is 0.187. The summed E-state index contributed by atoms with van der Waals surface area (Å²) in [6, 6.07) is 12.6. The molecule has 118 valence electrons. The van der Waals surface area contributed by atoms with E-state index >= 15 is 0 Å². The quantitative estimate of drug-likeness (QED) is 0.742. The fraction of sp³-hybridized carbons (Fsp3) is 0.125. The van der Waals surface area contributed by atoms with Crippen LogP contribution in [0.4, 0.5) is 10.5 Å². The van der Waals surface area contributed by atoms with E-state index in [9.17, 15) is 4.79 Å². The van der Waals surface area contributed by atoms with E-state index in [0.29, 0.717) is 23.1 Å². The second-order valence-electron chi connectivity index (χ2n) is 4.65. The van der Waals surface area contributed by atoms with E-state index in [1.165, 1.54) is 7.11 Å². The molecule has 1 aromatic heterocycles. The molecule has 5 nitrogen and oxygen atoms in total. The third-order valence-electron chi connectivity index (χ3n) is 3.04. The molecule has 3 rings (SSSR count). The molecule has 0 bridgehead atoms. The SMILES string of the molecule is COC(=O)Nc1ccc(OCc2nc3ccc(Cl)cc3s2)cc1. The highest BCUT2D eigenvalue weighted by atomic mass is 35.5. The van der Waals surface area contributed by atoms with Gasteiger partial charge in [0.15, 0.2) is 0 Å². The van der Waals surface area contributed by atoms with Gasteiger partial charge in [0.05, 0.1) is 17.3 Å². The van der Waals surface area contributed by atoms with Crippen LogP contribution in [0.5, 0.6) is 5.75 Å². The molecule has 0 aliphatic heterocycles. The molecular formula is C16H13ClN2O3S. The van der Waals surface area contributed by atoms with Crippen LogP contribution in [0.25, 0.3) is 10.2 Å². The number of fused-ring (bicyclic) bond motifs is 1. The monoisotopic (exact) mass is 348 g/mol. The number of amides is 1. The van der Waals surface area contributed by atoms with Gasteiger partial charge in [0.2, 0.25) is 0 Å². The molecule has 0 unspecified atom stereocenters. The minimum Gasteiger partial charge on any atom is -0.486 e. The molecule has 0 saturated heterocycles. The Morgan fingerprint density at radius 2 is 2.04 bits per heavy atom. The Hall–Kier alpha value is -2.31. The second kappa shape index (κ2) is 6.85. The summed E-state index contributed by atoms with van der Waals surface area (Å²) in [7, 11) is 1.32. The largest absolute Gasteiger partial charge is 0.486 e. The topological polar surface area (TPSA) is 60.5 Å². The molecule has 3 aromatic rings. The molecule has 1 heterocycles. The molecule has 0 aliphatic carbocycles. The van der Waals surface area contributed by atoms with Crippen LogP contribution >= 0.6 is 22.9 Å². The van der Waals surface area contributed by atoms with Crippen LogP contribution in [0.1, 0.15) is 5.01 Å². The fourth-order valence-electron chi connectivity index (χ4n) is 1.96. The maximum Gasteiger partial charge on any atom is 0.411 e. The van der Waals surface area contributed by atoms with E-state index in [0.717, 1.165) is 15.2 Å². The number of halogens is 1. The number of nitrogens with zero attached hydrogens (tertiary/aromatic N) is 1. The van der Waals surface area contributed by atoms with Crippen molar-refractivity contribution in [2.45, 2.75) is 6.61 Å². The average molecular weight is 349 g/mol. The highest BCUT2D eigenvalue weighted by molar-refractivity contribution is 7.18. The first-order valence-electron chi connectivity index (χ1n) is 6.77. The number of thiazole rings is 1. The van der Waals surface area contributed by atoms with Gasteiger partial charge in [0.25, 0.3) is 0 Å². The Bertz CT molecular complexity index is 833. The summed E-state index contributed by atoms with van der Waals surface area (Å²) >= 11 is 7.52. The van der Waals surface area contributed by atoms with Crippen LogP contribution < -0.4 is 10.1 Å². The minimum absolute atomic E-state index is 0.376. The number of hydrogen-bond donors (Lipinski definition) is 1. The van der Waals surface area contributed by atoms with Crippen molar-refractivity contribution in [2.75, 3.05) is 12.4 Å². The molecule has 0 fully saturated rings. The van der Waals surface area contributed by atoms with Gasteiger partial charge in [-0.15, -0.1) is 11.3 Å². The van der Waals surface area contributed by atoms with Gasteiger partial charge in [0.1, 0.15) is 17.4 Å². The molecule has 0 saturated carbocycles. The molecule has 7 heteroatoms. The highest BCUT2D eigenvalue weighted by Gasteiger charge is 2.06. The van der Waals surface area contributed by atoms with Gasteiger partial charge in [-0.25, -0.2) is 9.78 Å². The van der Waals surface area contributed by atoms with Gasteiger partial charge in [-0.05, 0) is 42.5 Å². The van der Waals surface area contributed by atoms with Gasteiger partial charge in [0, 0.05) is 10.7 Å². The van der Waals surface area contributed by atoms with Crippen molar-refractivity contribution in [3.63, 3.8) is 0 Å². The number of rotatable bonds is 4. The van der Waals surface area contributed by atoms with Crippen LogP contribution in [0.15, 0.2) is 42.5 Å². The number of carbonyl (C=O) groups is 1. The third kappa shape index (κ3) is 3.91. The minimum atomic E-state index is -0.508. The normalized spacial score (nSPS) is 10.5. The zero-order chi connectivity index (χ0) is 16.2. The second-order valence-corrected chi connectivity index (χ2v) is 6.20. The molecule has 0 atom stereocenters. The van der Waals surface area contributed by atoms with E-state index in [4.69, 9.17) is 16.3 Å². The maximum atomic E-state index is 11.1. The predicted molar refractivity (Wildman–Crippen MR) is 91.4 cm³/mol. The predicted octanol–water partition coefficient (Wildman–Crippen LogP) is 4.71. The molecule has 0 spiro atoms. The van der Waals surface area contributed by atoms with Crippen molar-refractivity contribution in [1.29, 1.82) is 0 Å². The Morgan fingerprint density at radius 1 is 1.26 bits per heavy atom. The van der Waals surface area contributed by atoms with Crippen molar-refractivity contribution < 1.29 is 14.3 Å².